The lowest BCUT2D eigenvalue weighted by Gasteiger charge is -2.45. The van der Waals surface area contributed by atoms with Crippen LogP contribution >= 0.6 is 0 Å². The third-order valence-corrected chi connectivity index (χ3v) is 3.59. The lowest BCUT2D eigenvalue weighted by molar-refractivity contribution is -0.154. The third kappa shape index (κ3) is 0.744. The summed E-state index contributed by atoms with van der Waals surface area (Å²) in [5.41, 5.74) is -0.0457. The van der Waals surface area contributed by atoms with E-state index in [1.807, 2.05) is 0 Å². The van der Waals surface area contributed by atoms with Crippen molar-refractivity contribution < 1.29 is 9.84 Å². The molecule has 1 aliphatic carbocycles. The minimum atomic E-state index is -0.531. The van der Waals surface area contributed by atoms with Crippen LogP contribution in [0.1, 0.15) is 33.6 Å². The smallest absolute Gasteiger partial charge is 0.160 e. The van der Waals surface area contributed by atoms with Gasteiger partial charge in [0.2, 0.25) is 0 Å². The number of hydrogen-bond acceptors (Lipinski definition) is 2. The number of hydrogen-bond donors (Lipinski definition) is 1. The van der Waals surface area contributed by atoms with E-state index in [0.29, 0.717) is 5.92 Å². The van der Waals surface area contributed by atoms with Gasteiger partial charge in [0.05, 0.1) is 5.60 Å². The van der Waals surface area contributed by atoms with E-state index >= 15 is 0 Å². The molecule has 2 aliphatic rings. The first-order valence-electron chi connectivity index (χ1n) is 4.33. The molecule has 0 aromatic heterocycles. The van der Waals surface area contributed by atoms with E-state index in [-0.39, 0.29) is 11.0 Å². The third-order valence-electron chi connectivity index (χ3n) is 3.59. The molecule has 0 radical (unpaired) electrons. The molecule has 11 heavy (non-hydrogen) atoms. The van der Waals surface area contributed by atoms with E-state index in [4.69, 9.17) is 4.74 Å². The summed E-state index contributed by atoms with van der Waals surface area (Å²) >= 11 is 0. The summed E-state index contributed by atoms with van der Waals surface area (Å²) in [4.78, 5) is 0. The van der Waals surface area contributed by atoms with Crippen molar-refractivity contribution in [2.24, 2.45) is 11.3 Å². The summed E-state index contributed by atoms with van der Waals surface area (Å²) in [7, 11) is 0. The van der Waals surface area contributed by atoms with Gasteiger partial charge in [0.1, 0.15) is 0 Å². The highest BCUT2D eigenvalue weighted by atomic mass is 16.6. The molecule has 0 amide bonds. The van der Waals surface area contributed by atoms with Crippen LogP contribution in [0.25, 0.3) is 0 Å². The Morgan fingerprint density at radius 3 is 2.18 bits per heavy atom. The fourth-order valence-corrected chi connectivity index (χ4v) is 2.69. The van der Waals surface area contributed by atoms with E-state index < -0.39 is 6.29 Å². The van der Waals surface area contributed by atoms with Crippen LogP contribution in [0.5, 0.6) is 0 Å². The van der Waals surface area contributed by atoms with Gasteiger partial charge < -0.3 is 9.84 Å². The number of fused-ring (bicyclic) bond motifs is 1. The number of aliphatic hydroxyl groups is 1. The Labute approximate surface area is 67.6 Å². The minimum Gasteiger partial charge on any atom is -0.367 e. The van der Waals surface area contributed by atoms with Crippen LogP contribution in [0.15, 0.2) is 0 Å². The Hall–Kier alpha value is -0.0800. The summed E-state index contributed by atoms with van der Waals surface area (Å²) in [6.07, 6.45) is 1.79. The van der Waals surface area contributed by atoms with Gasteiger partial charge in [-0.3, -0.25) is 0 Å². The average molecular weight is 156 g/mol. The molecule has 1 aliphatic heterocycles. The molecular formula is C9H16O2. The Morgan fingerprint density at radius 2 is 2.00 bits per heavy atom. The van der Waals surface area contributed by atoms with Crippen LogP contribution in [-0.2, 0) is 4.74 Å². The maximum atomic E-state index is 9.59. The SMILES string of the molecule is CC1(C)OC(O)[C@@]2(C)CC[C@@H]12. The van der Waals surface area contributed by atoms with Crippen LogP contribution in [0.3, 0.4) is 0 Å². The number of aliphatic hydroxyl groups excluding tert-OH is 1. The molecule has 1 saturated carbocycles. The molecular weight excluding hydrogens is 140 g/mol. The molecule has 0 bridgehead atoms. The molecule has 0 aromatic carbocycles. The number of rotatable bonds is 0. The summed E-state index contributed by atoms with van der Waals surface area (Å²) < 4.78 is 5.49. The molecule has 0 aromatic rings. The first kappa shape index (κ1) is 7.56. The molecule has 3 atom stereocenters. The van der Waals surface area contributed by atoms with E-state index in [0.717, 1.165) is 6.42 Å². The van der Waals surface area contributed by atoms with Crippen LogP contribution in [0.2, 0.25) is 0 Å². The first-order chi connectivity index (χ1) is 4.97. The molecule has 64 valence electrons. The van der Waals surface area contributed by atoms with Gasteiger partial charge >= 0.3 is 0 Å². The highest BCUT2D eigenvalue weighted by Crippen LogP contribution is 2.60. The molecule has 2 fully saturated rings. The van der Waals surface area contributed by atoms with Crippen LogP contribution in [0, 0.1) is 11.3 Å². The van der Waals surface area contributed by atoms with Crippen molar-refractivity contribution in [1.29, 1.82) is 0 Å². The van der Waals surface area contributed by atoms with E-state index in [2.05, 4.69) is 20.8 Å². The largest absolute Gasteiger partial charge is 0.367 e. The monoisotopic (exact) mass is 156 g/mol. The van der Waals surface area contributed by atoms with Crippen LogP contribution < -0.4 is 0 Å². The van der Waals surface area contributed by atoms with Gasteiger partial charge in [0.25, 0.3) is 0 Å². The van der Waals surface area contributed by atoms with Gasteiger partial charge in [-0.05, 0) is 32.6 Å². The molecule has 2 heteroatoms. The van der Waals surface area contributed by atoms with E-state index in [1.165, 1.54) is 6.42 Å². The average Bonchev–Trinajstić information content (AvgIpc) is 1.88. The zero-order chi connectivity index (χ0) is 8.28. The fourth-order valence-electron chi connectivity index (χ4n) is 2.69. The highest BCUT2D eigenvalue weighted by molar-refractivity contribution is 5.06. The van der Waals surface area contributed by atoms with Crippen molar-refractivity contribution >= 4 is 0 Å². The lowest BCUT2D eigenvalue weighted by atomic mass is 9.58. The van der Waals surface area contributed by atoms with Crippen molar-refractivity contribution in [3.63, 3.8) is 0 Å². The predicted molar refractivity (Wildman–Crippen MR) is 42.0 cm³/mol. The van der Waals surface area contributed by atoms with Gasteiger partial charge in [0, 0.05) is 5.41 Å². The molecule has 1 heterocycles. The van der Waals surface area contributed by atoms with Crippen molar-refractivity contribution in [2.75, 3.05) is 0 Å². The zero-order valence-corrected chi connectivity index (χ0v) is 7.42. The quantitative estimate of drug-likeness (QED) is 0.576. The minimum absolute atomic E-state index is 0.0590. The number of ether oxygens (including phenoxy) is 1. The Morgan fingerprint density at radius 1 is 1.36 bits per heavy atom. The van der Waals surface area contributed by atoms with Gasteiger partial charge in [-0.1, -0.05) is 6.92 Å². The van der Waals surface area contributed by atoms with Gasteiger partial charge in [-0.25, -0.2) is 0 Å². The Bertz CT molecular complexity index is 188. The molecule has 2 nitrogen and oxygen atoms in total. The molecule has 2 rings (SSSR count). The predicted octanol–water partition coefficient (Wildman–Crippen LogP) is 1.53. The maximum absolute atomic E-state index is 9.59. The summed E-state index contributed by atoms with van der Waals surface area (Å²) in [6, 6.07) is 0. The molecule has 1 unspecified atom stereocenters. The first-order valence-corrected chi connectivity index (χ1v) is 4.33. The van der Waals surface area contributed by atoms with Crippen LogP contribution in [-0.4, -0.2) is 17.0 Å². The van der Waals surface area contributed by atoms with E-state index in [1.54, 1.807) is 0 Å². The summed E-state index contributed by atoms with van der Waals surface area (Å²) in [5.74, 6) is 0.560. The van der Waals surface area contributed by atoms with Crippen molar-refractivity contribution in [2.45, 2.75) is 45.5 Å². The van der Waals surface area contributed by atoms with Gasteiger partial charge in [0.15, 0.2) is 6.29 Å². The summed E-state index contributed by atoms with van der Waals surface area (Å²) in [6.45, 7) is 6.27. The lowest BCUT2D eigenvalue weighted by Crippen LogP contribution is -2.45. The fraction of sp³-hybridized carbons (Fsp3) is 1.00. The Balaban J connectivity index is 2.28. The van der Waals surface area contributed by atoms with Crippen molar-refractivity contribution in [1.82, 2.24) is 0 Å². The van der Waals surface area contributed by atoms with Crippen molar-refractivity contribution in [3.8, 4) is 0 Å². The van der Waals surface area contributed by atoms with Crippen molar-refractivity contribution in [3.05, 3.63) is 0 Å². The van der Waals surface area contributed by atoms with Crippen LogP contribution in [0.4, 0.5) is 0 Å². The van der Waals surface area contributed by atoms with Gasteiger partial charge in [-0.2, -0.15) is 0 Å². The topological polar surface area (TPSA) is 29.5 Å². The highest BCUT2D eigenvalue weighted by Gasteiger charge is 2.61. The van der Waals surface area contributed by atoms with E-state index in [9.17, 15) is 5.11 Å². The standard InChI is InChI=1S/C9H16O2/c1-8(2)6-4-5-9(6,3)7(10)11-8/h6-7,10H,4-5H2,1-3H3/t6-,7?,9-/m0/s1. The second-order valence-corrected chi connectivity index (χ2v) is 4.67. The molecule has 1 N–H and O–H groups in total. The molecule has 0 spiro atoms. The normalized spacial score (nSPS) is 53.5. The van der Waals surface area contributed by atoms with Gasteiger partial charge in [-0.15, -0.1) is 0 Å². The Kier molecular flexibility index (Phi) is 1.24. The zero-order valence-electron chi connectivity index (χ0n) is 7.42. The maximum Gasteiger partial charge on any atom is 0.160 e. The second kappa shape index (κ2) is 1.80. The second-order valence-electron chi connectivity index (χ2n) is 4.67. The molecule has 1 saturated heterocycles. The summed E-state index contributed by atoms with van der Waals surface area (Å²) in [5, 5.41) is 9.59.